The van der Waals surface area contributed by atoms with Gasteiger partial charge in [0.25, 0.3) is 0 Å². The highest BCUT2D eigenvalue weighted by atomic mass is 16.7. The number of aryl methyl sites for hydroxylation is 6. The summed E-state index contributed by atoms with van der Waals surface area (Å²) in [5.74, 6) is 0. The summed E-state index contributed by atoms with van der Waals surface area (Å²) in [6, 6.07) is 38.4. The van der Waals surface area contributed by atoms with Crippen LogP contribution in [0.25, 0.3) is 11.1 Å². The summed E-state index contributed by atoms with van der Waals surface area (Å²) < 4.78 is 19.6. The molecule has 0 aliphatic carbocycles. The Kier molecular flexibility index (Phi) is 12.6. The maximum absolute atomic E-state index is 11.6. The van der Waals surface area contributed by atoms with Crippen LogP contribution in [0.2, 0.25) is 0 Å². The van der Waals surface area contributed by atoms with E-state index in [4.69, 9.17) is 9.47 Å². The molecule has 58 heavy (non-hydrogen) atoms. The van der Waals surface area contributed by atoms with Crippen LogP contribution < -0.4 is 9.80 Å². The number of ether oxygens (including phenoxy) is 4. The Hall–Kier alpha value is -6.54. The van der Waals surface area contributed by atoms with Gasteiger partial charge in [-0.2, -0.15) is 0 Å². The fourth-order valence-corrected chi connectivity index (χ4v) is 7.20. The van der Waals surface area contributed by atoms with Gasteiger partial charge >= 0.3 is 12.3 Å². The third kappa shape index (κ3) is 9.02. The summed E-state index contributed by atoms with van der Waals surface area (Å²) in [6.07, 6.45) is -1.41. The second-order valence-electron chi connectivity index (χ2n) is 14.9. The topological polar surface area (TPSA) is 77.5 Å². The zero-order chi connectivity index (χ0) is 41.7. The van der Waals surface area contributed by atoms with Gasteiger partial charge in [-0.3, -0.25) is 0 Å². The van der Waals surface area contributed by atoms with Gasteiger partial charge in [-0.25, -0.2) is 9.59 Å². The standard InChI is InChI=1S/C50H52N2O6/c1-31-25-45(26-32(2)37(31)7)51(43-17-11-39(12-18-43)29-57-49(53)55-9)47-21-15-41(23-35(47)5)42-16-22-48(36(6)24-42)52(46-27-33(3)38(8)34(4)28-46)44-19-13-40(14-20-44)30-58-50(54)56-10/h11-28H,29-30H2,1-10H3. The van der Waals surface area contributed by atoms with Crippen molar-refractivity contribution in [3.63, 3.8) is 0 Å². The zero-order valence-corrected chi connectivity index (χ0v) is 35.2. The lowest BCUT2D eigenvalue weighted by molar-refractivity contribution is 0.0660. The first-order valence-corrected chi connectivity index (χ1v) is 19.3. The van der Waals surface area contributed by atoms with Gasteiger partial charge in [0.05, 0.1) is 14.2 Å². The molecule has 6 aromatic rings. The summed E-state index contributed by atoms with van der Waals surface area (Å²) in [4.78, 5) is 27.7. The molecule has 298 valence electrons. The predicted molar refractivity (Wildman–Crippen MR) is 234 cm³/mol. The molecule has 0 saturated heterocycles. The van der Waals surface area contributed by atoms with E-state index in [-0.39, 0.29) is 13.2 Å². The first-order chi connectivity index (χ1) is 27.8. The van der Waals surface area contributed by atoms with Crippen LogP contribution in [-0.2, 0) is 32.2 Å². The Morgan fingerprint density at radius 1 is 0.414 bits per heavy atom. The highest BCUT2D eigenvalue weighted by Gasteiger charge is 2.20. The lowest BCUT2D eigenvalue weighted by Crippen LogP contribution is -2.13. The molecule has 0 saturated carbocycles. The molecule has 0 amide bonds. The molecule has 8 heteroatoms. The number of benzene rings is 6. The Morgan fingerprint density at radius 3 is 1.03 bits per heavy atom. The molecule has 0 N–H and O–H groups in total. The van der Waals surface area contributed by atoms with Gasteiger partial charge in [0, 0.05) is 34.1 Å². The van der Waals surface area contributed by atoms with Crippen LogP contribution in [0.5, 0.6) is 0 Å². The van der Waals surface area contributed by atoms with E-state index in [0.717, 1.165) is 67.5 Å². The van der Waals surface area contributed by atoms with Gasteiger partial charge in [-0.15, -0.1) is 0 Å². The number of hydrogen-bond acceptors (Lipinski definition) is 8. The molecule has 6 aromatic carbocycles. The molecule has 0 spiro atoms. The van der Waals surface area contributed by atoms with E-state index < -0.39 is 12.3 Å². The number of carbonyl (C=O) groups is 2. The Morgan fingerprint density at radius 2 is 0.741 bits per heavy atom. The molecule has 0 atom stereocenters. The van der Waals surface area contributed by atoms with Gasteiger partial charge in [-0.1, -0.05) is 36.4 Å². The van der Waals surface area contributed by atoms with Crippen molar-refractivity contribution in [1.29, 1.82) is 0 Å². The number of rotatable bonds is 11. The van der Waals surface area contributed by atoms with Crippen LogP contribution in [0, 0.1) is 55.4 Å². The minimum Gasteiger partial charge on any atom is -0.438 e. The molecule has 0 bridgehead atoms. The lowest BCUT2D eigenvalue weighted by atomic mass is 9.97. The van der Waals surface area contributed by atoms with Crippen LogP contribution in [0.3, 0.4) is 0 Å². The van der Waals surface area contributed by atoms with Gasteiger partial charge < -0.3 is 28.7 Å². The van der Waals surface area contributed by atoms with E-state index in [1.807, 2.05) is 24.3 Å². The van der Waals surface area contributed by atoms with Gasteiger partial charge in [0.15, 0.2) is 0 Å². The molecular formula is C50H52N2O6. The van der Waals surface area contributed by atoms with E-state index in [2.05, 4.69) is 160 Å². The van der Waals surface area contributed by atoms with Gasteiger partial charge in [-0.05, 0) is 195 Å². The maximum Gasteiger partial charge on any atom is 0.508 e. The zero-order valence-electron chi connectivity index (χ0n) is 35.2. The highest BCUT2D eigenvalue weighted by molar-refractivity contribution is 5.84. The third-order valence-corrected chi connectivity index (χ3v) is 11.0. The summed E-state index contributed by atoms with van der Waals surface area (Å²) in [7, 11) is 2.60. The Labute approximate surface area is 342 Å². The Balaban J connectivity index is 1.36. The van der Waals surface area contributed by atoms with Crippen molar-refractivity contribution < 1.29 is 28.5 Å². The van der Waals surface area contributed by atoms with Crippen molar-refractivity contribution in [2.45, 2.75) is 68.6 Å². The normalized spacial score (nSPS) is 10.9. The van der Waals surface area contributed by atoms with Crippen molar-refractivity contribution in [2.24, 2.45) is 0 Å². The molecule has 6 rings (SSSR count). The first-order valence-electron chi connectivity index (χ1n) is 19.3. The summed E-state index contributed by atoms with van der Waals surface area (Å²) in [6.45, 7) is 17.5. The number of anilines is 6. The van der Waals surface area contributed by atoms with Crippen LogP contribution in [0.4, 0.5) is 43.7 Å². The number of carbonyl (C=O) groups excluding carboxylic acids is 2. The molecule has 0 aromatic heterocycles. The van der Waals surface area contributed by atoms with E-state index in [1.54, 1.807) is 0 Å². The minimum absolute atomic E-state index is 0.129. The van der Waals surface area contributed by atoms with Crippen LogP contribution >= 0.6 is 0 Å². The number of hydrogen-bond donors (Lipinski definition) is 0. The average molecular weight is 777 g/mol. The smallest absolute Gasteiger partial charge is 0.438 e. The van der Waals surface area contributed by atoms with Crippen LogP contribution in [0.15, 0.2) is 109 Å². The van der Waals surface area contributed by atoms with Crippen molar-refractivity contribution >= 4 is 46.4 Å². The molecular weight excluding hydrogens is 725 g/mol. The first kappa shape index (κ1) is 41.1. The van der Waals surface area contributed by atoms with E-state index in [0.29, 0.717) is 0 Å². The molecule has 0 unspecified atom stereocenters. The summed E-state index contributed by atoms with van der Waals surface area (Å²) in [5.41, 5.74) is 19.9. The Bertz CT molecular complexity index is 2230. The molecule has 0 heterocycles. The van der Waals surface area contributed by atoms with Gasteiger partial charge in [0.2, 0.25) is 0 Å². The summed E-state index contributed by atoms with van der Waals surface area (Å²) >= 11 is 0. The average Bonchev–Trinajstić information content (AvgIpc) is 3.22. The number of nitrogens with zero attached hydrogens (tertiary/aromatic N) is 2. The highest BCUT2D eigenvalue weighted by Crippen LogP contribution is 2.42. The quantitative estimate of drug-likeness (QED) is 0.120. The van der Waals surface area contributed by atoms with Crippen molar-refractivity contribution in [2.75, 3.05) is 24.0 Å². The van der Waals surface area contributed by atoms with Crippen molar-refractivity contribution in [1.82, 2.24) is 0 Å². The largest absolute Gasteiger partial charge is 0.508 e. The minimum atomic E-state index is -0.707. The monoisotopic (exact) mass is 776 g/mol. The molecule has 8 nitrogen and oxygen atoms in total. The van der Waals surface area contributed by atoms with Crippen molar-refractivity contribution in [3.8, 4) is 11.1 Å². The molecule has 0 aliphatic rings. The van der Waals surface area contributed by atoms with Gasteiger partial charge in [0.1, 0.15) is 13.2 Å². The third-order valence-electron chi connectivity index (χ3n) is 11.0. The maximum atomic E-state index is 11.6. The SMILES string of the molecule is COC(=O)OCc1ccc(N(c2cc(C)c(C)c(C)c2)c2ccc(-c3ccc(N(c4ccc(COC(=O)OC)cc4)c4cc(C)c(C)c(C)c4)c(C)c3)cc2C)cc1. The second-order valence-corrected chi connectivity index (χ2v) is 14.9. The lowest BCUT2D eigenvalue weighted by Gasteiger charge is -2.29. The fourth-order valence-electron chi connectivity index (χ4n) is 7.20. The molecule has 0 radical (unpaired) electrons. The summed E-state index contributed by atoms with van der Waals surface area (Å²) in [5, 5.41) is 0. The second kappa shape index (κ2) is 17.7. The van der Waals surface area contributed by atoms with Crippen LogP contribution in [0.1, 0.15) is 55.6 Å². The predicted octanol–water partition coefficient (Wildman–Crippen LogP) is 13.3. The van der Waals surface area contributed by atoms with E-state index >= 15 is 0 Å². The fraction of sp³-hybridized carbons (Fsp3) is 0.240. The van der Waals surface area contributed by atoms with Crippen LogP contribution in [-0.4, -0.2) is 26.5 Å². The van der Waals surface area contributed by atoms with Crippen molar-refractivity contribution in [3.05, 3.63) is 165 Å². The van der Waals surface area contributed by atoms with E-state index in [9.17, 15) is 9.59 Å². The molecule has 0 fully saturated rings. The number of methoxy groups -OCH3 is 2. The van der Waals surface area contributed by atoms with E-state index in [1.165, 1.54) is 47.6 Å². The molecule has 0 aliphatic heterocycles.